The molecule has 0 aromatic carbocycles. The van der Waals surface area contributed by atoms with Crippen LogP contribution in [0.1, 0.15) is 59.3 Å². The summed E-state index contributed by atoms with van der Waals surface area (Å²) in [7, 11) is -3.99. The van der Waals surface area contributed by atoms with Gasteiger partial charge in [-0.2, -0.15) is 0 Å². The summed E-state index contributed by atoms with van der Waals surface area (Å²) in [5.41, 5.74) is 6.18. The van der Waals surface area contributed by atoms with Crippen LogP contribution in [-0.4, -0.2) is 41.7 Å². The van der Waals surface area contributed by atoms with Crippen LogP contribution < -0.4 is 10.8 Å². The van der Waals surface area contributed by atoms with Crippen molar-refractivity contribution in [3.8, 4) is 12.3 Å². The maximum atomic E-state index is 12.7. The molecule has 0 aromatic heterocycles. The molecule has 0 radical (unpaired) electrons. The van der Waals surface area contributed by atoms with Gasteiger partial charge in [-0.15, -0.1) is 12.3 Å². The standard InChI is InChI=1S/C19H33N2O5P/c1-5-8-9-10-11-25-27(23,24)16-12-17(20)19(21-14(4)22)18(13-16)26-15(6-2)7-3/h1,13,15,17-19H,6-12,20H2,2-4H3,(H,21,22)(H,23,24)/p-1/t17-,18+,19+/m0/s1. The second-order valence-corrected chi connectivity index (χ2v) is 8.59. The number of ether oxygens (including phenoxy) is 1. The molecule has 1 rings (SSSR count). The molecule has 1 aliphatic rings. The Morgan fingerprint density at radius 1 is 1.52 bits per heavy atom. The second kappa shape index (κ2) is 11.6. The summed E-state index contributed by atoms with van der Waals surface area (Å²) in [4.78, 5) is 14.4. The van der Waals surface area contributed by atoms with Crippen LogP contribution in [-0.2, 0) is 13.8 Å². The summed E-state index contributed by atoms with van der Waals surface area (Å²) in [6.45, 7) is 5.49. The first-order chi connectivity index (χ1) is 12.7. The van der Waals surface area contributed by atoms with Crippen LogP contribution >= 0.6 is 7.60 Å². The lowest BCUT2D eigenvalue weighted by atomic mass is 9.94. The number of rotatable bonds is 11. The van der Waals surface area contributed by atoms with Gasteiger partial charge in [-0.05, 0) is 51.0 Å². The molecule has 1 unspecified atom stereocenters. The molecule has 0 saturated carbocycles. The highest BCUT2D eigenvalue weighted by Gasteiger charge is 2.38. The third-order valence-corrected chi connectivity index (χ3v) is 6.10. The van der Waals surface area contributed by atoms with Crippen molar-refractivity contribution in [2.45, 2.75) is 83.6 Å². The smallest absolute Gasteiger partial charge is 0.354 e. The molecule has 4 atom stereocenters. The Balaban J connectivity index is 2.98. The number of terminal acetylenes is 1. The van der Waals surface area contributed by atoms with Crippen molar-refractivity contribution in [3.63, 3.8) is 0 Å². The van der Waals surface area contributed by atoms with Gasteiger partial charge in [0.2, 0.25) is 0 Å². The Morgan fingerprint density at radius 3 is 2.74 bits per heavy atom. The van der Waals surface area contributed by atoms with Gasteiger partial charge in [0, 0.05) is 17.8 Å². The van der Waals surface area contributed by atoms with E-state index >= 15 is 0 Å². The van der Waals surface area contributed by atoms with Gasteiger partial charge in [0.25, 0.3) is 0 Å². The maximum absolute atomic E-state index is 12.7. The molecule has 0 amide bonds. The molecule has 27 heavy (non-hydrogen) atoms. The van der Waals surface area contributed by atoms with Crippen LogP contribution in [0, 0.1) is 12.3 Å². The minimum absolute atomic E-state index is 0.0507. The summed E-state index contributed by atoms with van der Waals surface area (Å²) in [6.07, 6.45) is 9.69. The van der Waals surface area contributed by atoms with Crippen LogP contribution in [0.2, 0.25) is 0 Å². The molecular weight excluding hydrogens is 367 g/mol. The molecule has 0 heterocycles. The summed E-state index contributed by atoms with van der Waals surface area (Å²) < 4.78 is 24.0. The fourth-order valence-corrected chi connectivity index (χ4v) is 4.29. The minimum Gasteiger partial charge on any atom is -0.862 e. The molecule has 0 fully saturated rings. The molecule has 0 aliphatic heterocycles. The molecule has 0 saturated heterocycles. The Labute approximate surface area is 162 Å². The molecule has 154 valence electrons. The van der Waals surface area contributed by atoms with Crippen molar-refractivity contribution >= 4 is 13.5 Å². The number of nitrogens with zero attached hydrogens (tertiary/aromatic N) is 1. The van der Waals surface area contributed by atoms with Gasteiger partial charge in [-0.3, -0.25) is 9.56 Å². The monoisotopic (exact) mass is 399 g/mol. The van der Waals surface area contributed by atoms with E-state index in [1.165, 1.54) is 6.92 Å². The van der Waals surface area contributed by atoms with E-state index in [1.807, 2.05) is 13.8 Å². The Bertz CT molecular complexity index is 606. The highest BCUT2D eigenvalue weighted by Crippen LogP contribution is 2.54. The van der Waals surface area contributed by atoms with Gasteiger partial charge < -0.3 is 25.0 Å². The van der Waals surface area contributed by atoms with Crippen molar-refractivity contribution in [3.05, 3.63) is 11.4 Å². The lowest BCUT2D eigenvalue weighted by molar-refractivity contribution is -0.216. The normalized spacial score (nSPS) is 25.7. The fraction of sp³-hybridized carbons (Fsp3) is 0.737. The predicted molar refractivity (Wildman–Crippen MR) is 105 cm³/mol. The SMILES string of the molecule is C#CCCCCOP(=O)(O)C1=C[C@@H](OC(CC)CC)[C@H](N=C(C)[O-])[C@@H](N)C1. The first kappa shape index (κ1) is 23.9. The maximum Gasteiger partial charge on any atom is 0.354 e. The quantitative estimate of drug-likeness (QED) is 0.181. The lowest BCUT2D eigenvalue weighted by Gasteiger charge is -2.36. The predicted octanol–water partition coefficient (Wildman–Crippen LogP) is 2.33. The highest BCUT2D eigenvalue weighted by atomic mass is 31.2. The summed E-state index contributed by atoms with van der Waals surface area (Å²) in [5.74, 6) is 2.18. The van der Waals surface area contributed by atoms with Crippen LogP contribution in [0.15, 0.2) is 16.4 Å². The van der Waals surface area contributed by atoms with E-state index < -0.39 is 25.8 Å². The van der Waals surface area contributed by atoms with Crippen LogP contribution in [0.25, 0.3) is 0 Å². The van der Waals surface area contributed by atoms with E-state index in [-0.39, 0.29) is 30.3 Å². The van der Waals surface area contributed by atoms with Gasteiger partial charge in [0.15, 0.2) is 0 Å². The number of hydrogen-bond donors (Lipinski definition) is 2. The summed E-state index contributed by atoms with van der Waals surface area (Å²) in [5, 5.41) is 11.7. The first-order valence-corrected chi connectivity index (χ1v) is 11.1. The third kappa shape index (κ3) is 7.77. The fourth-order valence-electron chi connectivity index (χ4n) is 2.97. The molecule has 3 N–H and O–H groups in total. The molecule has 1 aliphatic carbocycles. The first-order valence-electron chi connectivity index (χ1n) is 9.49. The van der Waals surface area contributed by atoms with E-state index in [2.05, 4.69) is 10.9 Å². The van der Waals surface area contributed by atoms with Crippen molar-refractivity contribution < 1.29 is 23.8 Å². The Kier molecular flexibility index (Phi) is 10.3. The Hall–Kier alpha value is -1.16. The average molecular weight is 399 g/mol. The van der Waals surface area contributed by atoms with E-state index in [4.69, 9.17) is 21.4 Å². The molecule has 8 heteroatoms. The Morgan fingerprint density at radius 2 is 2.19 bits per heavy atom. The highest BCUT2D eigenvalue weighted by molar-refractivity contribution is 7.57. The third-order valence-electron chi connectivity index (χ3n) is 4.51. The van der Waals surface area contributed by atoms with Crippen molar-refractivity contribution in [2.75, 3.05) is 6.61 Å². The second-order valence-electron chi connectivity index (χ2n) is 6.72. The van der Waals surface area contributed by atoms with Crippen LogP contribution in [0.5, 0.6) is 0 Å². The number of aliphatic imine (C=N–C) groups is 1. The minimum atomic E-state index is -3.99. The van der Waals surface area contributed by atoms with Gasteiger partial charge >= 0.3 is 7.60 Å². The van der Waals surface area contributed by atoms with Crippen molar-refractivity contribution in [1.82, 2.24) is 0 Å². The lowest BCUT2D eigenvalue weighted by Crippen LogP contribution is -2.47. The largest absolute Gasteiger partial charge is 0.862 e. The van der Waals surface area contributed by atoms with Gasteiger partial charge in [0.05, 0.1) is 18.8 Å². The zero-order chi connectivity index (χ0) is 20.4. The topological polar surface area (TPSA) is 117 Å². The molecule has 0 aromatic rings. The number of nitrogens with two attached hydrogens (primary N) is 1. The molecule has 0 bridgehead atoms. The number of hydrogen-bond acceptors (Lipinski definition) is 6. The van der Waals surface area contributed by atoms with E-state index in [1.54, 1.807) is 6.08 Å². The molecular formula is C19H32N2O5P-. The van der Waals surface area contributed by atoms with Gasteiger partial charge in [-0.1, -0.05) is 13.8 Å². The molecule has 0 spiro atoms. The zero-order valence-electron chi connectivity index (χ0n) is 16.5. The van der Waals surface area contributed by atoms with Crippen molar-refractivity contribution in [1.29, 1.82) is 0 Å². The van der Waals surface area contributed by atoms with Crippen molar-refractivity contribution in [2.24, 2.45) is 10.7 Å². The van der Waals surface area contributed by atoms with Crippen LogP contribution in [0.4, 0.5) is 0 Å². The zero-order valence-corrected chi connectivity index (χ0v) is 17.4. The number of unbranched alkanes of at least 4 members (excludes halogenated alkanes) is 2. The van der Waals surface area contributed by atoms with E-state index in [9.17, 15) is 14.6 Å². The van der Waals surface area contributed by atoms with E-state index in [0.717, 1.165) is 19.3 Å². The van der Waals surface area contributed by atoms with Crippen LogP contribution in [0.3, 0.4) is 0 Å². The van der Waals surface area contributed by atoms with Gasteiger partial charge in [0.1, 0.15) is 6.10 Å². The van der Waals surface area contributed by atoms with Gasteiger partial charge in [-0.25, -0.2) is 0 Å². The summed E-state index contributed by atoms with van der Waals surface area (Å²) in [6, 6.07) is -1.18. The average Bonchev–Trinajstić information content (AvgIpc) is 2.61. The van der Waals surface area contributed by atoms with E-state index in [0.29, 0.717) is 12.8 Å². The summed E-state index contributed by atoms with van der Waals surface area (Å²) >= 11 is 0. The molecule has 7 nitrogen and oxygen atoms in total.